The van der Waals surface area contributed by atoms with E-state index in [1.54, 1.807) is 12.1 Å². The second-order valence-electron chi connectivity index (χ2n) is 4.18. The quantitative estimate of drug-likeness (QED) is 0.859. The average molecular weight is 263 g/mol. The summed E-state index contributed by atoms with van der Waals surface area (Å²) in [6.07, 6.45) is 0. The summed E-state index contributed by atoms with van der Waals surface area (Å²) >= 11 is 0. The molecule has 2 aromatic rings. The third-order valence-corrected chi connectivity index (χ3v) is 2.76. The molecule has 0 aromatic heterocycles. The van der Waals surface area contributed by atoms with E-state index in [2.05, 4.69) is 10.1 Å². The fraction of sp³-hybridized carbons (Fsp3) is 0.200. The van der Waals surface area contributed by atoms with Crippen molar-refractivity contribution < 1.29 is 13.5 Å². The van der Waals surface area contributed by atoms with E-state index in [9.17, 15) is 8.78 Å². The Kier molecular flexibility index (Phi) is 4.34. The minimum atomic E-state index is -2.79. The van der Waals surface area contributed by atoms with Crippen molar-refractivity contribution in [3.63, 3.8) is 0 Å². The van der Waals surface area contributed by atoms with Crippen molar-refractivity contribution in [3.8, 4) is 5.75 Å². The Morgan fingerprint density at radius 1 is 0.947 bits per heavy atom. The van der Waals surface area contributed by atoms with Crippen LogP contribution in [0.3, 0.4) is 0 Å². The van der Waals surface area contributed by atoms with E-state index in [0.29, 0.717) is 0 Å². The summed E-state index contributed by atoms with van der Waals surface area (Å²) in [7, 11) is 0. The molecule has 0 aliphatic rings. The van der Waals surface area contributed by atoms with Crippen molar-refractivity contribution in [2.45, 2.75) is 19.6 Å². The zero-order valence-electron chi connectivity index (χ0n) is 10.5. The molecule has 0 radical (unpaired) electrons. The van der Waals surface area contributed by atoms with Crippen LogP contribution in [0, 0.1) is 0 Å². The third-order valence-electron chi connectivity index (χ3n) is 2.76. The molecule has 4 heteroatoms. The van der Waals surface area contributed by atoms with Crippen molar-refractivity contribution in [2.24, 2.45) is 0 Å². The number of rotatable bonds is 5. The van der Waals surface area contributed by atoms with Crippen molar-refractivity contribution in [3.05, 3.63) is 60.2 Å². The average Bonchev–Trinajstić information content (AvgIpc) is 2.41. The maximum Gasteiger partial charge on any atom is 0.387 e. The maximum atomic E-state index is 12.0. The molecule has 0 saturated carbocycles. The molecule has 0 amide bonds. The van der Waals surface area contributed by atoms with Crippen LogP contribution in [-0.4, -0.2) is 6.61 Å². The van der Waals surface area contributed by atoms with Gasteiger partial charge in [-0.25, -0.2) is 0 Å². The van der Waals surface area contributed by atoms with Crippen LogP contribution in [0.15, 0.2) is 54.6 Å². The molecule has 0 heterocycles. The lowest BCUT2D eigenvalue weighted by molar-refractivity contribution is -0.0498. The van der Waals surface area contributed by atoms with Gasteiger partial charge >= 0.3 is 6.61 Å². The molecule has 0 bridgehead atoms. The van der Waals surface area contributed by atoms with Gasteiger partial charge in [-0.3, -0.25) is 0 Å². The molecule has 1 N–H and O–H groups in total. The summed E-state index contributed by atoms with van der Waals surface area (Å²) in [5.41, 5.74) is 2.02. The Balaban J connectivity index is 1.99. The molecule has 0 aliphatic heterocycles. The number of alkyl halides is 2. The van der Waals surface area contributed by atoms with Gasteiger partial charge in [0.25, 0.3) is 0 Å². The van der Waals surface area contributed by atoms with Gasteiger partial charge in [0.2, 0.25) is 0 Å². The topological polar surface area (TPSA) is 21.3 Å². The van der Waals surface area contributed by atoms with Crippen molar-refractivity contribution in [1.82, 2.24) is 0 Å². The molecule has 100 valence electrons. The summed E-state index contributed by atoms with van der Waals surface area (Å²) < 4.78 is 28.3. The summed E-state index contributed by atoms with van der Waals surface area (Å²) in [6.45, 7) is -0.749. The predicted molar refractivity (Wildman–Crippen MR) is 71.6 cm³/mol. The van der Waals surface area contributed by atoms with Crippen LogP contribution in [-0.2, 0) is 0 Å². The van der Waals surface area contributed by atoms with Crippen LogP contribution < -0.4 is 10.1 Å². The van der Waals surface area contributed by atoms with Gasteiger partial charge in [-0.15, -0.1) is 0 Å². The Morgan fingerprint density at radius 2 is 1.58 bits per heavy atom. The first-order valence-electron chi connectivity index (χ1n) is 6.01. The van der Waals surface area contributed by atoms with E-state index in [1.807, 2.05) is 37.3 Å². The molecule has 0 spiro atoms. The number of hydrogen-bond donors (Lipinski definition) is 1. The third kappa shape index (κ3) is 3.95. The zero-order chi connectivity index (χ0) is 13.7. The monoisotopic (exact) mass is 263 g/mol. The molecule has 1 atom stereocenters. The summed E-state index contributed by atoms with van der Waals surface area (Å²) in [5.74, 6) is 0.160. The molecule has 0 aliphatic carbocycles. The van der Waals surface area contributed by atoms with Crippen LogP contribution in [0.4, 0.5) is 14.5 Å². The number of ether oxygens (including phenoxy) is 1. The first-order chi connectivity index (χ1) is 9.15. The van der Waals surface area contributed by atoms with Gasteiger partial charge in [0.05, 0.1) is 0 Å². The first-order valence-corrected chi connectivity index (χ1v) is 6.01. The number of nitrogens with one attached hydrogen (secondary N) is 1. The van der Waals surface area contributed by atoms with E-state index >= 15 is 0 Å². The Labute approximate surface area is 111 Å². The van der Waals surface area contributed by atoms with E-state index in [1.165, 1.54) is 12.1 Å². The summed E-state index contributed by atoms with van der Waals surface area (Å²) in [4.78, 5) is 0. The highest BCUT2D eigenvalue weighted by molar-refractivity contribution is 5.48. The predicted octanol–water partition coefficient (Wildman–Crippen LogP) is 4.46. The molecule has 2 nitrogen and oxygen atoms in total. The molecular weight excluding hydrogens is 248 g/mol. The minimum absolute atomic E-state index is 0.142. The maximum absolute atomic E-state index is 12.0. The molecule has 19 heavy (non-hydrogen) atoms. The largest absolute Gasteiger partial charge is 0.435 e. The minimum Gasteiger partial charge on any atom is -0.435 e. The number of halogens is 2. The molecule has 1 unspecified atom stereocenters. The molecule has 0 fully saturated rings. The van der Waals surface area contributed by atoms with Gasteiger partial charge in [-0.2, -0.15) is 8.78 Å². The fourth-order valence-corrected chi connectivity index (χ4v) is 1.81. The van der Waals surface area contributed by atoms with Gasteiger partial charge in [-0.1, -0.05) is 30.3 Å². The second kappa shape index (κ2) is 6.18. The van der Waals surface area contributed by atoms with Crippen molar-refractivity contribution in [2.75, 3.05) is 5.32 Å². The SMILES string of the molecule is CC(Nc1ccc(OC(F)F)cc1)c1ccccc1. The molecular formula is C15H15F2NO. The van der Waals surface area contributed by atoms with Crippen molar-refractivity contribution >= 4 is 5.69 Å². The highest BCUT2D eigenvalue weighted by atomic mass is 19.3. The van der Waals surface area contributed by atoms with Gasteiger partial charge in [-0.05, 0) is 36.8 Å². The Bertz CT molecular complexity index is 499. The van der Waals surface area contributed by atoms with E-state index in [4.69, 9.17) is 0 Å². The van der Waals surface area contributed by atoms with Gasteiger partial charge < -0.3 is 10.1 Å². The van der Waals surface area contributed by atoms with Crippen LogP contribution in [0.2, 0.25) is 0 Å². The zero-order valence-corrected chi connectivity index (χ0v) is 10.5. The first kappa shape index (κ1) is 13.3. The van der Waals surface area contributed by atoms with Crippen LogP contribution in [0.25, 0.3) is 0 Å². The highest BCUT2D eigenvalue weighted by Crippen LogP contribution is 2.22. The van der Waals surface area contributed by atoms with E-state index in [-0.39, 0.29) is 11.8 Å². The van der Waals surface area contributed by atoms with E-state index < -0.39 is 6.61 Å². The highest BCUT2D eigenvalue weighted by Gasteiger charge is 2.06. The van der Waals surface area contributed by atoms with Gasteiger partial charge in [0, 0.05) is 11.7 Å². The Hall–Kier alpha value is -2.10. The molecule has 2 aromatic carbocycles. The Morgan fingerprint density at radius 3 is 2.16 bits per heavy atom. The smallest absolute Gasteiger partial charge is 0.387 e. The normalized spacial score (nSPS) is 12.2. The number of anilines is 1. The van der Waals surface area contributed by atoms with E-state index in [0.717, 1.165) is 11.3 Å². The van der Waals surface area contributed by atoms with Crippen LogP contribution in [0.1, 0.15) is 18.5 Å². The lowest BCUT2D eigenvalue weighted by Crippen LogP contribution is -2.06. The lowest BCUT2D eigenvalue weighted by Gasteiger charge is -2.16. The number of benzene rings is 2. The lowest BCUT2D eigenvalue weighted by atomic mass is 10.1. The van der Waals surface area contributed by atoms with Crippen molar-refractivity contribution in [1.29, 1.82) is 0 Å². The molecule has 0 saturated heterocycles. The van der Waals surface area contributed by atoms with Crippen LogP contribution >= 0.6 is 0 Å². The van der Waals surface area contributed by atoms with Crippen LogP contribution in [0.5, 0.6) is 5.75 Å². The van der Waals surface area contributed by atoms with Gasteiger partial charge in [0.15, 0.2) is 0 Å². The summed E-state index contributed by atoms with van der Waals surface area (Å²) in [6, 6.07) is 16.6. The molecule has 2 rings (SSSR count). The standard InChI is InChI=1S/C15H15F2NO/c1-11(12-5-3-2-4-6-12)18-13-7-9-14(10-8-13)19-15(16)17/h2-11,15,18H,1H3. The number of hydrogen-bond acceptors (Lipinski definition) is 2. The summed E-state index contributed by atoms with van der Waals surface area (Å²) in [5, 5.41) is 3.30. The second-order valence-corrected chi connectivity index (χ2v) is 4.18. The fourth-order valence-electron chi connectivity index (χ4n) is 1.81. The van der Waals surface area contributed by atoms with Gasteiger partial charge in [0.1, 0.15) is 5.75 Å².